The number of carboxylic acids is 1. The summed E-state index contributed by atoms with van der Waals surface area (Å²) >= 11 is 3.42. The summed E-state index contributed by atoms with van der Waals surface area (Å²) in [7, 11) is 0. The van der Waals surface area contributed by atoms with E-state index in [2.05, 4.69) is 30.9 Å². The van der Waals surface area contributed by atoms with Crippen LogP contribution < -0.4 is 0 Å². The number of carbonyl (C=O) groups is 1. The number of aromatic carboxylic acids is 1. The Bertz CT molecular complexity index is 826. The van der Waals surface area contributed by atoms with Gasteiger partial charge in [-0.25, -0.2) is 14.8 Å². The van der Waals surface area contributed by atoms with Gasteiger partial charge in [0.05, 0.1) is 11.1 Å². The van der Waals surface area contributed by atoms with Crippen LogP contribution in [0.25, 0.3) is 22.6 Å². The smallest absolute Gasteiger partial charge is 0.338 e. The second-order valence-corrected chi connectivity index (χ2v) is 5.32. The van der Waals surface area contributed by atoms with Crippen LogP contribution in [0.5, 0.6) is 0 Å². The molecule has 0 aliphatic carbocycles. The largest absolute Gasteiger partial charge is 0.478 e. The topological polar surface area (TPSA) is 78.9 Å². The van der Waals surface area contributed by atoms with Crippen molar-refractivity contribution in [2.75, 3.05) is 0 Å². The number of hydrogen-bond donors (Lipinski definition) is 2. The van der Waals surface area contributed by atoms with Crippen molar-refractivity contribution in [2.45, 2.75) is 6.92 Å². The van der Waals surface area contributed by atoms with Gasteiger partial charge in [0.2, 0.25) is 0 Å². The van der Waals surface area contributed by atoms with Crippen LogP contribution in [0, 0.1) is 6.92 Å². The molecule has 5 nitrogen and oxygen atoms in total. The highest BCUT2D eigenvalue weighted by atomic mass is 79.9. The van der Waals surface area contributed by atoms with Gasteiger partial charge in [0.1, 0.15) is 5.82 Å². The Balaban J connectivity index is 2.26. The number of aryl methyl sites for hydroxylation is 1. The SMILES string of the molecule is Cc1ccc(Br)cc1-c1nc2nccc(C(=O)O)c2[nH]1. The predicted octanol–water partition coefficient (Wildman–Crippen LogP) is 3.39. The maximum Gasteiger partial charge on any atom is 0.338 e. The van der Waals surface area contributed by atoms with Crippen LogP contribution >= 0.6 is 15.9 Å². The standard InChI is InChI=1S/C14H10BrN3O2/c1-7-2-3-8(15)6-10(7)12-17-11-9(14(19)20)4-5-16-13(11)18-12/h2-6H,1H3,(H,19,20)(H,16,17,18). The third kappa shape index (κ3) is 2.08. The second kappa shape index (κ2) is 4.72. The Hall–Kier alpha value is -2.21. The molecule has 0 saturated heterocycles. The van der Waals surface area contributed by atoms with Crippen molar-refractivity contribution >= 4 is 33.1 Å². The summed E-state index contributed by atoms with van der Waals surface area (Å²) in [6.45, 7) is 1.97. The molecule has 2 N–H and O–H groups in total. The first-order valence-corrected chi connectivity index (χ1v) is 6.70. The van der Waals surface area contributed by atoms with E-state index in [1.165, 1.54) is 12.3 Å². The molecule has 0 spiro atoms. The van der Waals surface area contributed by atoms with E-state index >= 15 is 0 Å². The van der Waals surface area contributed by atoms with Crippen molar-refractivity contribution < 1.29 is 9.90 Å². The average molecular weight is 332 g/mol. The summed E-state index contributed by atoms with van der Waals surface area (Å²) in [6.07, 6.45) is 1.45. The minimum Gasteiger partial charge on any atom is -0.478 e. The number of carboxylic acid groups (broad SMARTS) is 1. The molecule has 0 aliphatic rings. The molecule has 0 aliphatic heterocycles. The fraction of sp³-hybridized carbons (Fsp3) is 0.0714. The average Bonchev–Trinajstić information content (AvgIpc) is 2.84. The van der Waals surface area contributed by atoms with Gasteiger partial charge >= 0.3 is 5.97 Å². The summed E-state index contributed by atoms with van der Waals surface area (Å²) in [5, 5.41) is 9.18. The Morgan fingerprint density at radius 2 is 2.15 bits per heavy atom. The molecule has 0 unspecified atom stereocenters. The number of H-pyrrole nitrogens is 1. The van der Waals surface area contributed by atoms with E-state index in [1.54, 1.807) is 0 Å². The summed E-state index contributed by atoms with van der Waals surface area (Å²) in [4.78, 5) is 22.7. The normalized spacial score (nSPS) is 10.9. The van der Waals surface area contributed by atoms with Crippen molar-refractivity contribution in [2.24, 2.45) is 0 Å². The molecule has 2 aromatic heterocycles. The number of aromatic amines is 1. The molecule has 0 fully saturated rings. The van der Waals surface area contributed by atoms with Crippen LogP contribution in [0.3, 0.4) is 0 Å². The fourth-order valence-electron chi connectivity index (χ4n) is 2.07. The van der Waals surface area contributed by atoms with Crippen LogP contribution in [0.15, 0.2) is 34.9 Å². The lowest BCUT2D eigenvalue weighted by Gasteiger charge is -2.02. The number of benzene rings is 1. The highest BCUT2D eigenvalue weighted by molar-refractivity contribution is 9.10. The van der Waals surface area contributed by atoms with E-state index in [0.717, 1.165) is 15.6 Å². The van der Waals surface area contributed by atoms with Gasteiger partial charge < -0.3 is 10.1 Å². The van der Waals surface area contributed by atoms with E-state index in [4.69, 9.17) is 0 Å². The molecule has 6 heteroatoms. The molecule has 0 bridgehead atoms. The lowest BCUT2D eigenvalue weighted by molar-refractivity contribution is 0.0699. The molecule has 0 saturated carbocycles. The lowest BCUT2D eigenvalue weighted by Crippen LogP contribution is -1.97. The first-order valence-electron chi connectivity index (χ1n) is 5.91. The molecule has 0 atom stereocenters. The zero-order valence-corrected chi connectivity index (χ0v) is 12.1. The van der Waals surface area contributed by atoms with Crippen LogP contribution in [0.1, 0.15) is 15.9 Å². The fourth-order valence-corrected chi connectivity index (χ4v) is 2.43. The van der Waals surface area contributed by atoms with Crippen molar-refractivity contribution in [3.63, 3.8) is 0 Å². The quantitative estimate of drug-likeness (QED) is 0.754. The zero-order chi connectivity index (χ0) is 14.3. The van der Waals surface area contributed by atoms with Crippen LogP contribution in [0.2, 0.25) is 0 Å². The molecule has 0 amide bonds. The summed E-state index contributed by atoms with van der Waals surface area (Å²) in [5.74, 6) is -0.390. The summed E-state index contributed by atoms with van der Waals surface area (Å²) < 4.78 is 0.935. The van der Waals surface area contributed by atoms with Crippen molar-refractivity contribution in [3.05, 3.63) is 46.1 Å². The molecular weight excluding hydrogens is 322 g/mol. The third-order valence-electron chi connectivity index (χ3n) is 3.08. The lowest BCUT2D eigenvalue weighted by atomic mass is 10.1. The van der Waals surface area contributed by atoms with E-state index < -0.39 is 5.97 Å². The van der Waals surface area contributed by atoms with Gasteiger partial charge in [-0.05, 0) is 30.7 Å². The summed E-state index contributed by atoms with van der Waals surface area (Å²) in [6, 6.07) is 7.31. The number of nitrogens with zero attached hydrogens (tertiary/aromatic N) is 2. The molecule has 0 radical (unpaired) electrons. The number of nitrogens with one attached hydrogen (secondary N) is 1. The van der Waals surface area contributed by atoms with Crippen LogP contribution in [0.4, 0.5) is 0 Å². The van der Waals surface area contributed by atoms with Gasteiger partial charge in [-0.2, -0.15) is 0 Å². The van der Waals surface area contributed by atoms with Gasteiger partial charge in [0, 0.05) is 16.2 Å². The monoisotopic (exact) mass is 331 g/mol. The maximum atomic E-state index is 11.2. The summed E-state index contributed by atoms with van der Waals surface area (Å²) in [5.41, 5.74) is 2.97. The second-order valence-electron chi connectivity index (χ2n) is 4.41. The highest BCUT2D eigenvalue weighted by Gasteiger charge is 2.15. The first kappa shape index (κ1) is 12.8. The first-order chi connectivity index (χ1) is 9.56. The number of hydrogen-bond acceptors (Lipinski definition) is 3. The van der Waals surface area contributed by atoms with Gasteiger partial charge in [0.25, 0.3) is 0 Å². The van der Waals surface area contributed by atoms with Crippen molar-refractivity contribution in [3.8, 4) is 11.4 Å². The van der Waals surface area contributed by atoms with E-state index in [0.29, 0.717) is 17.0 Å². The maximum absolute atomic E-state index is 11.2. The number of fused-ring (bicyclic) bond motifs is 1. The molecule has 3 rings (SSSR count). The Labute approximate surface area is 122 Å². The molecule has 1 aromatic carbocycles. The minimum absolute atomic E-state index is 0.168. The van der Waals surface area contributed by atoms with Crippen molar-refractivity contribution in [1.82, 2.24) is 15.0 Å². The number of imidazole rings is 1. The molecule has 100 valence electrons. The predicted molar refractivity (Wildman–Crippen MR) is 78.7 cm³/mol. The molecule has 2 heterocycles. The van der Waals surface area contributed by atoms with E-state index in [9.17, 15) is 9.90 Å². The number of pyridine rings is 1. The number of aromatic nitrogens is 3. The van der Waals surface area contributed by atoms with Crippen LogP contribution in [-0.2, 0) is 0 Å². The zero-order valence-electron chi connectivity index (χ0n) is 10.5. The van der Waals surface area contributed by atoms with E-state index in [-0.39, 0.29) is 5.56 Å². The van der Waals surface area contributed by atoms with Gasteiger partial charge in [-0.3, -0.25) is 0 Å². The Morgan fingerprint density at radius 3 is 2.90 bits per heavy atom. The molecular formula is C14H10BrN3O2. The Kier molecular flexibility index (Phi) is 3.02. The van der Waals surface area contributed by atoms with E-state index in [1.807, 2.05) is 25.1 Å². The number of halogens is 1. The minimum atomic E-state index is -1.00. The van der Waals surface area contributed by atoms with Gasteiger partial charge in [0.15, 0.2) is 5.65 Å². The van der Waals surface area contributed by atoms with Gasteiger partial charge in [-0.15, -0.1) is 0 Å². The van der Waals surface area contributed by atoms with Crippen molar-refractivity contribution in [1.29, 1.82) is 0 Å². The Morgan fingerprint density at radius 1 is 1.35 bits per heavy atom. The highest BCUT2D eigenvalue weighted by Crippen LogP contribution is 2.27. The molecule has 20 heavy (non-hydrogen) atoms. The molecule has 3 aromatic rings. The van der Waals surface area contributed by atoms with Gasteiger partial charge in [-0.1, -0.05) is 22.0 Å². The number of rotatable bonds is 2. The van der Waals surface area contributed by atoms with Crippen LogP contribution in [-0.4, -0.2) is 26.0 Å². The third-order valence-corrected chi connectivity index (χ3v) is 3.57.